The van der Waals surface area contributed by atoms with Gasteiger partial charge in [-0.25, -0.2) is 0 Å². The zero-order valence-electron chi connectivity index (χ0n) is 8.50. The first-order valence-corrected chi connectivity index (χ1v) is 4.09. The van der Waals surface area contributed by atoms with Crippen molar-refractivity contribution in [3.05, 3.63) is 35.5 Å². The summed E-state index contributed by atoms with van der Waals surface area (Å²) >= 11 is 0. The molecule has 1 nitrogen and oxygen atoms in total. The van der Waals surface area contributed by atoms with Crippen molar-refractivity contribution in [1.29, 1.82) is 0 Å². The molecule has 1 radical (unpaired) electrons. The van der Waals surface area contributed by atoms with Gasteiger partial charge in [-0.1, -0.05) is 24.6 Å². The monoisotopic (exact) mass is 252 g/mol. The zero-order valence-corrected chi connectivity index (χ0v) is 11.3. The van der Waals surface area contributed by atoms with Gasteiger partial charge in [0, 0.05) is 32.7 Å². The van der Waals surface area contributed by atoms with Crippen LogP contribution in [0.25, 0.3) is 0 Å². The average Bonchev–Trinajstić information content (AvgIpc) is 2.04. The second-order valence-electron chi connectivity index (χ2n) is 2.73. The molecule has 0 N–H and O–H groups in total. The van der Waals surface area contributed by atoms with Crippen LogP contribution in [0.2, 0.25) is 0 Å². The van der Waals surface area contributed by atoms with Crippen molar-refractivity contribution < 1.29 is 37.5 Å². The van der Waals surface area contributed by atoms with Crippen LogP contribution >= 0.6 is 0 Å². The summed E-state index contributed by atoms with van der Waals surface area (Å²) < 4.78 is 0. The molecular formula is C11H15OY-. The first kappa shape index (κ1) is 15.5. The van der Waals surface area contributed by atoms with Gasteiger partial charge < -0.3 is 4.79 Å². The van der Waals surface area contributed by atoms with E-state index in [1.54, 1.807) is 6.29 Å². The second kappa shape index (κ2) is 10.1. The van der Waals surface area contributed by atoms with E-state index in [9.17, 15) is 4.79 Å². The third-order valence-electron chi connectivity index (χ3n) is 1.58. The molecule has 0 aliphatic heterocycles. The fourth-order valence-electron chi connectivity index (χ4n) is 0.623. The maximum atomic E-state index is 9.92. The first-order valence-electron chi connectivity index (χ1n) is 4.09. The van der Waals surface area contributed by atoms with Crippen LogP contribution in [0.3, 0.4) is 0 Å². The number of rotatable bonds is 4. The summed E-state index contributed by atoms with van der Waals surface area (Å²) in [6, 6.07) is 0. The first-order chi connectivity index (χ1) is 5.70. The van der Waals surface area contributed by atoms with E-state index in [1.807, 2.05) is 25.2 Å². The summed E-state index contributed by atoms with van der Waals surface area (Å²) in [6.45, 7) is 6.06. The van der Waals surface area contributed by atoms with Crippen molar-refractivity contribution in [2.24, 2.45) is 0 Å². The summed E-state index contributed by atoms with van der Waals surface area (Å²) in [5.74, 6) is 0. The molecule has 0 atom stereocenters. The van der Waals surface area contributed by atoms with Crippen molar-refractivity contribution in [3.63, 3.8) is 0 Å². The predicted octanol–water partition coefficient (Wildman–Crippen LogP) is 2.95. The minimum absolute atomic E-state index is 0. The van der Waals surface area contributed by atoms with Crippen molar-refractivity contribution in [2.75, 3.05) is 0 Å². The van der Waals surface area contributed by atoms with E-state index in [0.717, 1.165) is 12.0 Å². The Bertz CT molecular complexity index is 224. The average molecular weight is 252 g/mol. The normalized spacial score (nSPS) is 12.8. The third-order valence-corrected chi connectivity index (χ3v) is 1.58. The minimum Gasteiger partial charge on any atom is -0.419 e. The fraction of sp³-hybridized carbons (Fsp3) is 0.364. The third kappa shape index (κ3) is 9.91. The Hall–Kier alpha value is -0.00610. The number of hydrogen-bond donors (Lipinski definition) is 0. The summed E-state index contributed by atoms with van der Waals surface area (Å²) in [6.07, 6.45) is 10.1. The van der Waals surface area contributed by atoms with Gasteiger partial charge in [-0.05, 0) is 19.6 Å². The second-order valence-corrected chi connectivity index (χ2v) is 2.73. The van der Waals surface area contributed by atoms with Crippen LogP contribution in [0, 0.1) is 0 Å². The van der Waals surface area contributed by atoms with Crippen molar-refractivity contribution in [1.82, 2.24) is 0 Å². The van der Waals surface area contributed by atoms with Gasteiger partial charge in [0.25, 0.3) is 0 Å². The van der Waals surface area contributed by atoms with E-state index >= 15 is 0 Å². The molecule has 0 aromatic carbocycles. The Balaban J connectivity index is 0. The number of allylic oxidation sites excluding steroid dienone is 6. The molecule has 0 aromatic rings. The molecule has 0 heterocycles. The topological polar surface area (TPSA) is 17.1 Å². The van der Waals surface area contributed by atoms with Crippen LogP contribution < -0.4 is 0 Å². The molecule has 0 aromatic heterocycles. The van der Waals surface area contributed by atoms with Gasteiger partial charge in [0.1, 0.15) is 0 Å². The summed E-state index contributed by atoms with van der Waals surface area (Å²) in [7, 11) is 0. The Kier molecular flexibility index (Phi) is 12.0. The van der Waals surface area contributed by atoms with E-state index in [4.69, 9.17) is 0 Å². The molecular weight excluding hydrogens is 237 g/mol. The Morgan fingerprint density at radius 1 is 1.38 bits per heavy atom. The largest absolute Gasteiger partial charge is 0.419 e. The van der Waals surface area contributed by atoms with E-state index in [1.165, 1.54) is 11.6 Å². The van der Waals surface area contributed by atoms with Crippen molar-refractivity contribution >= 4 is 6.29 Å². The van der Waals surface area contributed by atoms with Crippen LogP contribution in [0.5, 0.6) is 0 Å². The molecule has 0 saturated carbocycles. The SMILES string of the molecule is CC/C(C)=C/C=C/C(C)=C/[C-]=O.[Y]. The molecule has 0 aliphatic carbocycles. The van der Waals surface area contributed by atoms with Crippen LogP contribution in [-0.4, -0.2) is 6.29 Å². The maximum absolute atomic E-state index is 9.92. The van der Waals surface area contributed by atoms with Crippen LogP contribution in [0.15, 0.2) is 35.5 Å². The molecule has 0 rings (SSSR count). The summed E-state index contributed by atoms with van der Waals surface area (Å²) in [4.78, 5) is 9.92. The van der Waals surface area contributed by atoms with Crippen LogP contribution in [0.4, 0.5) is 0 Å². The Morgan fingerprint density at radius 3 is 2.46 bits per heavy atom. The summed E-state index contributed by atoms with van der Waals surface area (Å²) in [5, 5.41) is 0. The predicted molar refractivity (Wildman–Crippen MR) is 52.6 cm³/mol. The van der Waals surface area contributed by atoms with Gasteiger partial charge in [0.05, 0.1) is 0 Å². The molecule has 69 valence electrons. The maximum Gasteiger partial charge on any atom is 0 e. The molecule has 0 unspecified atom stereocenters. The van der Waals surface area contributed by atoms with Crippen LogP contribution in [-0.2, 0) is 37.5 Å². The van der Waals surface area contributed by atoms with Gasteiger partial charge in [-0.15, -0.1) is 13.0 Å². The molecule has 13 heavy (non-hydrogen) atoms. The Morgan fingerprint density at radius 2 is 2.00 bits per heavy atom. The van der Waals surface area contributed by atoms with Gasteiger partial charge >= 0.3 is 0 Å². The minimum atomic E-state index is 0. The molecule has 0 saturated heterocycles. The van der Waals surface area contributed by atoms with Crippen molar-refractivity contribution in [2.45, 2.75) is 27.2 Å². The molecule has 0 fully saturated rings. The van der Waals surface area contributed by atoms with Crippen LogP contribution in [0.1, 0.15) is 27.2 Å². The van der Waals surface area contributed by atoms with Gasteiger partial charge in [-0.2, -0.15) is 11.6 Å². The van der Waals surface area contributed by atoms with E-state index < -0.39 is 0 Å². The van der Waals surface area contributed by atoms with E-state index in [0.29, 0.717) is 0 Å². The van der Waals surface area contributed by atoms with Crippen molar-refractivity contribution in [3.8, 4) is 0 Å². The van der Waals surface area contributed by atoms with Gasteiger partial charge in [0.15, 0.2) is 0 Å². The van der Waals surface area contributed by atoms with E-state index in [2.05, 4.69) is 13.8 Å². The number of hydrogen-bond acceptors (Lipinski definition) is 1. The molecule has 0 spiro atoms. The van der Waals surface area contributed by atoms with Gasteiger partial charge in [0.2, 0.25) is 0 Å². The number of carbonyl (C=O) groups excluding carboxylic acids is 1. The zero-order chi connectivity index (χ0) is 9.40. The quantitative estimate of drug-likeness (QED) is 0.427. The summed E-state index contributed by atoms with van der Waals surface area (Å²) in [5.41, 5.74) is 2.25. The smallest absolute Gasteiger partial charge is 0 e. The van der Waals surface area contributed by atoms with Gasteiger partial charge in [-0.3, -0.25) is 0 Å². The molecule has 2 heteroatoms. The fourth-order valence-corrected chi connectivity index (χ4v) is 0.623. The Labute approximate surface area is 106 Å². The molecule has 0 bridgehead atoms. The van der Waals surface area contributed by atoms with E-state index in [-0.39, 0.29) is 32.7 Å². The standard InChI is InChI=1S/C11H15O.Y/c1-4-10(2)6-5-7-11(3)8-9-12;/h5-8H,4H2,1-3H3;/q-1;/b7-5+,10-6+,11-8+;. The molecule has 0 aliphatic rings. The molecule has 0 amide bonds.